The van der Waals surface area contributed by atoms with Gasteiger partial charge in [0.2, 0.25) is 0 Å². The number of carbonyl (C=O) groups excluding carboxylic acids is 1. The first-order valence-corrected chi connectivity index (χ1v) is 13.3. The zero-order valence-corrected chi connectivity index (χ0v) is 21.9. The molecule has 3 aromatic carbocycles. The summed E-state index contributed by atoms with van der Waals surface area (Å²) >= 11 is 13.1. The summed E-state index contributed by atoms with van der Waals surface area (Å²) in [4.78, 5) is 14.6. The van der Waals surface area contributed by atoms with Gasteiger partial charge in [0.15, 0.2) is 15.6 Å². The molecule has 0 aliphatic carbocycles. The molecule has 0 radical (unpaired) electrons. The minimum absolute atomic E-state index is 0.0532. The quantitative estimate of drug-likeness (QED) is 0.408. The molecule has 0 saturated heterocycles. The zero-order valence-electron chi connectivity index (χ0n) is 19.6. The second-order valence-electron chi connectivity index (χ2n) is 8.52. The highest BCUT2D eigenvalue weighted by Crippen LogP contribution is 2.38. The first-order chi connectivity index (χ1) is 16.5. The van der Waals surface area contributed by atoms with Crippen molar-refractivity contribution in [2.45, 2.75) is 17.9 Å². The largest absolute Gasteiger partial charge is 0.378 e. The summed E-state index contributed by atoms with van der Waals surface area (Å²) in [5, 5.41) is 13.4. The molecule has 0 aliphatic rings. The summed E-state index contributed by atoms with van der Waals surface area (Å²) in [6, 6.07) is 17.4. The van der Waals surface area contributed by atoms with E-state index in [-0.39, 0.29) is 23.6 Å². The van der Waals surface area contributed by atoms with Crippen LogP contribution in [0.5, 0.6) is 0 Å². The molecule has 9 heteroatoms. The van der Waals surface area contributed by atoms with E-state index in [1.165, 1.54) is 12.1 Å². The average Bonchev–Trinajstić information content (AvgIpc) is 2.77. The second kappa shape index (κ2) is 11.2. The number of hydrogen-bond acceptors (Lipinski definition) is 6. The summed E-state index contributed by atoms with van der Waals surface area (Å²) in [7, 11) is 0.599. The molecule has 0 bridgehead atoms. The maximum absolute atomic E-state index is 12.4. The van der Waals surface area contributed by atoms with Gasteiger partial charge in [0.05, 0.1) is 33.1 Å². The summed E-state index contributed by atoms with van der Waals surface area (Å²) in [5.41, 5.74) is 4.14. The number of rotatable bonds is 9. The lowest BCUT2D eigenvalue weighted by atomic mass is 9.99. The molecule has 0 atom stereocenters. The number of carbonyl (C=O) groups is 1. The van der Waals surface area contributed by atoms with Crippen LogP contribution < -0.4 is 5.32 Å². The maximum atomic E-state index is 12.4. The van der Waals surface area contributed by atoms with Crippen LogP contribution in [-0.4, -0.2) is 46.0 Å². The molecule has 0 amide bonds. The molecule has 3 rings (SSSR count). The van der Waals surface area contributed by atoms with Crippen molar-refractivity contribution in [3.63, 3.8) is 0 Å². The van der Waals surface area contributed by atoms with E-state index in [0.717, 1.165) is 22.9 Å². The fraction of sp³-hybridized carbons (Fsp3) is 0.231. The van der Waals surface area contributed by atoms with E-state index in [0.29, 0.717) is 33.4 Å². The number of benzene rings is 3. The predicted octanol–water partition coefficient (Wildman–Crippen LogP) is 5.22. The molecule has 35 heavy (non-hydrogen) atoms. The summed E-state index contributed by atoms with van der Waals surface area (Å²) < 4.78 is 23.1. The Balaban J connectivity index is 1.71. The predicted molar refractivity (Wildman–Crippen MR) is 141 cm³/mol. The van der Waals surface area contributed by atoms with Gasteiger partial charge in [-0.3, -0.25) is 4.79 Å². The third-order valence-electron chi connectivity index (χ3n) is 5.29. The molecule has 6 nitrogen and oxygen atoms in total. The molecule has 1 N–H and O–H groups in total. The van der Waals surface area contributed by atoms with Gasteiger partial charge in [-0.25, -0.2) is 8.42 Å². The average molecular weight is 530 g/mol. The van der Waals surface area contributed by atoms with E-state index >= 15 is 0 Å². The van der Waals surface area contributed by atoms with Crippen LogP contribution >= 0.6 is 23.2 Å². The number of halogens is 2. The van der Waals surface area contributed by atoms with Crippen LogP contribution in [0.4, 0.5) is 5.69 Å². The molecule has 0 unspecified atom stereocenters. The van der Waals surface area contributed by atoms with E-state index in [9.17, 15) is 18.5 Å². The Labute approximate surface area is 216 Å². The van der Waals surface area contributed by atoms with E-state index in [1.54, 1.807) is 30.3 Å². The van der Waals surface area contributed by atoms with Crippen molar-refractivity contribution in [3.8, 4) is 17.2 Å². The zero-order chi connectivity index (χ0) is 25.8. The number of anilines is 1. The van der Waals surface area contributed by atoms with Gasteiger partial charge in [-0.15, -0.1) is 0 Å². The molecule has 3 aromatic rings. The van der Waals surface area contributed by atoms with Crippen LogP contribution in [-0.2, 0) is 27.6 Å². The fourth-order valence-electron chi connectivity index (χ4n) is 3.61. The number of nitrogens with one attached hydrogen (secondary N) is 1. The van der Waals surface area contributed by atoms with Gasteiger partial charge in [0.25, 0.3) is 0 Å². The first-order valence-electron chi connectivity index (χ1n) is 10.7. The van der Waals surface area contributed by atoms with E-state index in [1.807, 2.05) is 31.1 Å². The van der Waals surface area contributed by atoms with Gasteiger partial charge in [-0.2, -0.15) is 5.26 Å². The van der Waals surface area contributed by atoms with Gasteiger partial charge in [0, 0.05) is 30.5 Å². The number of nitrogens with zero attached hydrogens (tertiary/aromatic N) is 2. The van der Waals surface area contributed by atoms with Gasteiger partial charge >= 0.3 is 0 Å². The van der Waals surface area contributed by atoms with Crippen LogP contribution in [0.3, 0.4) is 0 Å². The molecule has 0 aliphatic heterocycles. The molecule has 0 fully saturated rings. The Morgan fingerprint density at radius 2 is 1.66 bits per heavy atom. The SMILES string of the molecule is CN(C)Cc1ccc(-c2c(Cl)cc(NCC(=O)Cc3ccc(S(C)(=O)=O)cc3)cc2Cl)cc1C#N. The highest BCUT2D eigenvalue weighted by atomic mass is 35.5. The Kier molecular flexibility index (Phi) is 8.57. The smallest absolute Gasteiger partial charge is 0.175 e. The normalized spacial score (nSPS) is 11.3. The topological polar surface area (TPSA) is 90.3 Å². The number of sulfone groups is 1. The second-order valence-corrected chi connectivity index (χ2v) is 11.4. The minimum atomic E-state index is -3.28. The lowest BCUT2D eigenvalue weighted by Crippen LogP contribution is -2.16. The minimum Gasteiger partial charge on any atom is -0.378 e. The van der Waals surface area contributed by atoms with Crippen molar-refractivity contribution in [1.29, 1.82) is 5.26 Å². The van der Waals surface area contributed by atoms with Crippen molar-refractivity contribution in [2.24, 2.45) is 0 Å². The van der Waals surface area contributed by atoms with Gasteiger partial charge in [-0.05, 0) is 61.1 Å². The van der Waals surface area contributed by atoms with Gasteiger partial charge < -0.3 is 10.2 Å². The first kappa shape index (κ1) is 26.7. The molecule has 0 spiro atoms. The molecular weight excluding hydrogens is 505 g/mol. The van der Waals surface area contributed by atoms with E-state index in [2.05, 4.69) is 11.4 Å². The summed E-state index contributed by atoms with van der Waals surface area (Å²) in [6.07, 6.45) is 1.30. The number of Topliss-reactive ketones (excluding diaryl/α,β-unsaturated/α-hetero) is 1. The van der Waals surface area contributed by atoms with Crippen molar-refractivity contribution in [3.05, 3.63) is 81.3 Å². The van der Waals surface area contributed by atoms with Crippen molar-refractivity contribution in [2.75, 3.05) is 32.2 Å². The molecule has 0 heterocycles. The summed E-state index contributed by atoms with van der Waals surface area (Å²) in [6.45, 7) is 0.695. The van der Waals surface area contributed by atoms with Crippen LogP contribution in [0.15, 0.2) is 59.5 Å². The van der Waals surface area contributed by atoms with Crippen molar-refractivity contribution >= 4 is 44.5 Å². The lowest BCUT2D eigenvalue weighted by molar-refractivity contribution is -0.116. The Bertz CT molecular complexity index is 1370. The molecule has 0 saturated carbocycles. The summed E-state index contributed by atoms with van der Waals surface area (Å²) in [5.74, 6) is -0.0800. The van der Waals surface area contributed by atoms with E-state index < -0.39 is 9.84 Å². The van der Waals surface area contributed by atoms with Gasteiger partial charge in [0.1, 0.15) is 0 Å². The Morgan fingerprint density at radius 1 is 1.03 bits per heavy atom. The molecular formula is C26H25Cl2N3O3S. The Hall–Kier alpha value is -2.89. The monoisotopic (exact) mass is 529 g/mol. The number of nitriles is 1. The Morgan fingerprint density at radius 3 is 2.20 bits per heavy atom. The van der Waals surface area contributed by atoms with E-state index in [4.69, 9.17) is 23.2 Å². The molecule has 182 valence electrons. The molecule has 0 aromatic heterocycles. The van der Waals surface area contributed by atoms with Crippen LogP contribution in [0.1, 0.15) is 16.7 Å². The van der Waals surface area contributed by atoms with Crippen molar-refractivity contribution < 1.29 is 13.2 Å². The number of hydrogen-bond donors (Lipinski definition) is 1. The fourth-order valence-corrected chi connectivity index (χ4v) is 4.95. The third kappa shape index (κ3) is 7.06. The van der Waals surface area contributed by atoms with Crippen LogP contribution in [0.2, 0.25) is 10.0 Å². The third-order valence-corrected chi connectivity index (χ3v) is 7.01. The number of ketones is 1. The van der Waals surface area contributed by atoms with Crippen molar-refractivity contribution in [1.82, 2.24) is 4.90 Å². The van der Waals surface area contributed by atoms with Crippen LogP contribution in [0.25, 0.3) is 11.1 Å². The highest BCUT2D eigenvalue weighted by molar-refractivity contribution is 7.90. The van der Waals surface area contributed by atoms with Crippen LogP contribution in [0, 0.1) is 11.3 Å². The lowest BCUT2D eigenvalue weighted by Gasteiger charge is -2.15. The standard InChI is InChI=1S/C26H25Cl2N3O3S/c1-31(2)16-19-7-6-18(11-20(19)14-29)26-24(27)12-21(13-25(26)28)30-15-22(32)10-17-4-8-23(9-5-17)35(3,33)34/h4-9,11-13,30H,10,15-16H2,1-3H3. The maximum Gasteiger partial charge on any atom is 0.175 e. The highest BCUT2D eigenvalue weighted by Gasteiger charge is 2.14. The van der Waals surface area contributed by atoms with Gasteiger partial charge in [-0.1, -0.05) is 47.5 Å².